The Morgan fingerprint density at radius 2 is 1.81 bits per heavy atom. The van der Waals surface area contributed by atoms with Crippen molar-refractivity contribution in [1.82, 2.24) is 10.2 Å². The maximum Gasteiger partial charge on any atom is 0.132 e. The number of methoxy groups -OCH3 is 1. The van der Waals surface area contributed by atoms with Crippen molar-refractivity contribution in [3.05, 3.63) is 54.6 Å². The third kappa shape index (κ3) is 1.92. The average molecular weight is 277 g/mol. The smallest absolute Gasteiger partial charge is 0.132 e. The molecule has 1 aliphatic carbocycles. The Hall–Kier alpha value is -2.88. The summed E-state index contributed by atoms with van der Waals surface area (Å²) in [4.78, 5) is 0. The maximum absolute atomic E-state index is 5.29. The summed E-state index contributed by atoms with van der Waals surface area (Å²) >= 11 is 0. The van der Waals surface area contributed by atoms with Gasteiger partial charge in [0.2, 0.25) is 0 Å². The van der Waals surface area contributed by atoms with E-state index in [1.807, 2.05) is 36.4 Å². The van der Waals surface area contributed by atoms with Crippen molar-refractivity contribution in [2.75, 3.05) is 12.4 Å². The summed E-state index contributed by atoms with van der Waals surface area (Å²) in [7, 11) is 1.69. The minimum absolute atomic E-state index is 0.872. The van der Waals surface area contributed by atoms with Crippen LogP contribution >= 0.6 is 0 Å². The number of nitrogens with one attached hydrogen (secondary N) is 3. The Morgan fingerprint density at radius 3 is 2.62 bits per heavy atom. The molecule has 0 bridgehead atoms. The van der Waals surface area contributed by atoms with E-state index >= 15 is 0 Å². The van der Waals surface area contributed by atoms with Gasteiger partial charge in [-0.2, -0.15) is 0 Å². The van der Waals surface area contributed by atoms with Crippen LogP contribution in [0.5, 0.6) is 5.75 Å². The minimum Gasteiger partial charge on any atom is -0.497 e. The molecular weight excluding hydrogens is 262 g/mol. The molecular formula is C17H15N3O. The van der Waals surface area contributed by atoms with Crippen molar-refractivity contribution in [3.63, 3.8) is 0 Å². The first-order chi connectivity index (χ1) is 10.3. The third-order valence-corrected chi connectivity index (χ3v) is 3.72. The Bertz CT molecular complexity index is 860. The van der Waals surface area contributed by atoms with Crippen LogP contribution in [0.2, 0.25) is 0 Å². The van der Waals surface area contributed by atoms with Gasteiger partial charge >= 0.3 is 0 Å². The van der Waals surface area contributed by atoms with Gasteiger partial charge in [0.25, 0.3) is 0 Å². The molecule has 1 aliphatic heterocycles. The zero-order valence-corrected chi connectivity index (χ0v) is 11.6. The average Bonchev–Trinajstić information content (AvgIpc) is 3.07. The van der Waals surface area contributed by atoms with Crippen LogP contribution < -0.4 is 10.1 Å². The molecule has 104 valence electrons. The van der Waals surface area contributed by atoms with Gasteiger partial charge in [-0.25, -0.2) is 0 Å². The lowest BCUT2D eigenvalue weighted by atomic mass is 10.2. The van der Waals surface area contributed by atoms with E-state index in [4.69, 9.17) is 4.74 Å². The topological polar surface area (TPSA) is 52.8 Å². The first-order valence-electron chi connectivity index (χ1n) is 6.84. The Labute approximate surface area is 122 Å². The molecule has 4 heteroatoms. The van der Waals surface area contributed by atoms with Gasteiger partial charge in [0.15, 0.2) is 0 Å². The van der Waals surface area contributed by atoms with Crippen LogP contribution in [-0.4, -0.2) is 17.3 Å². The van der Waals surface area contributed by atoms with Crippen molar-refractivity contribution in [1.29, 1.82) is 0 Å². The number of rotatable bonds is 3. The van der Waals surface area contributed by atoms with Crippen molar-refractivity contribution in [2.24, 2.45) is 0 Å². The quantitative estimate of drug-likeness (QED) is 0.521. The van der Waals surface area contributed by atoms with Crippen molar-refractivity contribution >= 4 is 22.3 Å². The summed E-state index contributed by atoms with van der Waals surface area (Å²) in [5.41, 5.74) is 3.30. The molecule has 21 heavy (non-hydrogen) atoms. The highest BCUT2D eigenvalue weighted by Gasteiger charge is 2.17. The van der Waals surface area contributed by atoms with Gasteiger partial charge in [-0.1, -0.05) is 18.2 Å². The molecule has 0 unspecified atom stereocenters. The number of aromatic nitrogens is 2. The largest absolute Gasteiger partial charge is 0.497 e. The number of anilines is 2. The van der Waals surface area contributed by atoms with E-state index in [-0.39, 0.29) is 0 Å². The SMILES string of the molecule is COc1ccc2c3[nH][nH]c(Nc4ccccc4)c-3cc2c1. The minimum atomic E-state index is 0.872. The number of para-hydroxylation sites is 1. The molecule has 2 aromatic carbocycles. The number of ether oxygens (including phenoxy) is 1. The number of hydrogen-bond donors (Lipinski definition) is 3. The summed E-state index contributed by atoms with van der Waals surface area (Å²) in [6.07, 6.45) is 0. The van der Waals surface area contributed by atoms with Gasteiger partial charge < -0.3 is 10.1 Å². The molecule has 0 atom stereocenters. The molecule has 4 rings (SSSR count). The van der Waals surface area contributed by atoms with Gasteiger partial charge in [-0.3, -0.25) is 10.2 Å². The molecule has 0 radical (unpaired) electrons. The fourth-order valence-corrected chi connectivity index (χ4v) is 2.68. The molecule has 1 heterocycles. The highest BCUT2D eigenvalue weighted by atomic mass is 16.5. The maximum atomic E-state index is 5.29. The second-order valence-corrected chi connectivity index (χ2v) is 5.00. The summed E-state index contributed by atoms with van der Waals surface area (Å²) in [6.45, 7) is 0. The Balaban J connectivity index is 1.79. The van der Waals surface area contributed by atoms with Gasteiger partial charge in [0.05, 0.1) is 12.8 Å². The fraction of sp³-hybridized carbons (Fsp3) is 0.0588. The van der Waals surface area contributed by atoms with Gasteiger partial charge in [-0.15, -0.1) is 0 Å². The molecule has 0 aromatic heterocycles. The first kappa shape index (κ1) is 11.9. The zero-order valence-electron chi connectivity index (χ0n) is 11.6. The predicted molar refractivity (Wildman–Crippen MR) is 85.5 cm³/mol. The standard InChI is InChI=1S/C17H15N3O/c1-21-13-7-8-14-11(9-13)10-15-16(14)19-20-17(15)18-12-5-3-2-4-6-12/h2-10,18-20H,1H3. The summed E-state index contributed by atoms with van der Waals surface area (Å²) in [6, 6.07) is 18.4. The second-order valence-electron chi connectivity index (χ2n) is 5.00. The van der Waals surface area contributed by atoms with Crippen LogP contribution in [0.4, 0.5) is 11.5 Å². The molecule has 0 saturated carbocycles. The van der Waals surface area contributed by atoms with Crippen molar-refractivity contribution in [3.8, 4) is 17.0 Å². The van der Waals surface area contributed by atoms with Crippen LogP contribution in [0.25, 0.3) is 22.0 Å². The lowest BCUT2D eigenvalue weighted by molar-refractivity contribution is 0.415. The van der Waals surface area contributed by atoms with E-state index in [0.717, 1.165) is 28.5 Å². The van der Waals surface area contributed by atoms with Crippen LogP contribution in [0, 0.1) is 0 Å². The molecule has 3 N–H and O–H groups in total. The predicted octanol–water partition coefficient (Wildman–Crippen LogP) is 4.35. The molecule has 4 nitrogen and oxygen atoms in total. The van der Waals surface area contributed by atoms with E-state index in [1.165, 1.54) is 10.8 Å². The van der Waals surface area contributed by atoms with E-state index in [9.17, 15) is 0 Å². The van der Waals surface area contributed by atoms with E-state index in [0.29, 0.717) is 0 Å². The van der Waals surface area contributed by atoms with E-state index in [2.05, 4.69) is 33.7 Å². The highest BCUT2D eigenvalue weighted by molar-refractivity contribution is 6.04. The molecule has 0 amide bonds. The van der Waals surface area contributed by atoms with E-state index < -0.39 is 0 Å². The molecule has 0 fully saturated rings. The molecule has 2 aliphatic rings. The summed E-state index contributed by atoms with van der Waals surface area (Å²) < 4.78 is 5.29. The van der Waals surface area contributed by atoms with Gasteiger partial charge in [-0.05, 0) is 41.8 Å². The second kappa shape index (κ2) is 4.59. The van der Waals surface area contributed by atoms with Crippen LogP contribution in [0.1, 0.15) is 0 Å². The number of H-pyrrole nitrogens is 2. The van der Waals surface area contributed by atoms with Gasteiger partial charge in [0, 0.05) is 16.6 Å². The molecule has 0 spiro atoms. The van der Waals surface area contributed by atoms with Crippen molar-refractivity contribution < 1.29 is 4.74 Å². The lowest BCUT2D eigenvalue weighted by Gasteiger charge is -2.03. The summed E-state index contributed by atoms with van der Waals surface area (Å²) in [5.74, 6) is 1.84. The van der Waals surface area contributed by atoms with Crippen LogP contribution in [0.15, 0.2) is 54.6 Å². The van der Waals surface area contributed by atoms with Crippen LogP contribution in [0.3, 0.4) is 0 Å². The van der Waals surface area contributed by atoms with E-state index in [1.54, 1.807) is 7.11 Å². The third-order valence-electron chi connectivity index (χ3n) is 3.72. The number of fused-ring (bicyclic) bond motifs is 3. The Morgan fingerprint density at radius 1 is 0.952 bits per heavy atom. The normalized spacial score (nSPS) is 11.1. The monoisotopic (exact) mass is 277 g/mol. The Kier molecular flexibility index (Phi) is 2.60. The molecule has 2 aromatic rings. The van der Waals surface area contributed by atoms with Crippen molar-refractivity contribution in [2.45, 2.75) is 0 Å². The fourth-order valence-electron chi connectivity index (χ4n) is 2.68. The van der Waals surface area contributed by atoms with Gasteiger partial charge in [0.1, 0.15) is 11.6 Å². The zero-order chi connectivity index (χ0) is 14.2. The lowest BCUT2D eigenvalue weighted by Crippen LogP contribution is -1.90. The highest BCUT2D eigenvalue weighted by Crippen LogP contribution is 2.39. The number of aromatic amines is 2. The first-order valence-corrected chi connectivity index (χ1v) is 6.84. The summed E-state index contributed by atoms with van der Waals surface area (Å²) in [5, 5.41) is 12.2. The number of benzene rings is 2. The number of hydrogen-bond acceptors (Lipinski definition) is 2. The van der Waals surface area contributed by atoms with Crippen LogP contribution in [-0.2, 0) is 0 Å². The molecule has 0 saturated heterocycles.